The first-order valence-corrected chi connectivity index (χ1v) is 10.2. The van der Waals surface area contributed by atoms with Gasteiger partial charge in [0.25, 0.3) is 0 Å². The summed E-state index contributed by atoms with van der Waals surface area (Å²) in [5.74, 6) is -0.419. The fraction of sp³-hybridized carbons (Fsp3) is 0.391. The summed E-state index contributed by atoms with van der Waals surface area (Å²) in [6.07, 6.45) is 1.01. The molecular weight excluding hydrogens is 396 g/mol. The number of hydrogen-bond acceptors (Lipinski definition) is 6. The molecule has 2 N–H and O–H groups in total. The van der Waals surface area contributed by atoms with E-state index in [0.717, 1.165) is 18.5 Å². The van der Waals surface area contributed by atoms with Gasteiger partial charge in [0.15, 0.2) is 11.5 Å². The molecule has 166 valence electrons. The molecule has 1 unspecified atom stereocenters. The number of carbonyl (C=O) groups is 2. The van der Waals surface area contributed by atoms with E-state index in [0.29, 0.717) is 23.7 Å². The van der Waals surface area contributed by atoms with E-state index < -0.39 is 11.8 Å². The van der Waals surface area contributed by atoms with E-state index in [1.807, 2.05) is 19.0 Å². The van der Waals surface area contributed by atoms with Crippen molar-refractivity contribution in [2.45, 2.75) is 12.5 Å². The first-order chi connectivity index (χ1) is 14.8. The quantitative estimate of drug-likeness (QED) is 0.660. The third-order valence-electron chi connectivity index (χ3n) is 5.54. The number of amides is 2. The van der Waals surface area contributed by atoms with Crippen molar-refractivity contribution in [2.24, 2.45) is 0 Å². The number of likely N-dealkylation sites (N-methyl/N-ethyl adjacent to an activating group) is 2. The average Bonchev–Trinajstić information content (AvgIpc) is 3.13. The molecule has 0 aromatic heterocycles. The molecule has 2 aromatic carbocycles. The number of ether oxygens (including phenoxy) is 2. The summed E-state index contributed by atoms with van der Waals surface area (Å²) >= 11 is 0. The lowest BCUT2D eigenvalue weighted by atomic mass is 10.0. The highest BCUT2D eigenvalue weighted by molar-refractivity contribution is 6.39. The van der Waals surface area contributed by atoms with Gasteiger partial charge in [0, 0.05) is 37.6 Å². The lowest BCUT2D eigenvalue weighted by molar-refractivity contribution is -0.136. The molecule has 3 rings (SSSR count). The maximum atomic E-state index is 12.4. The second-order valence-electron chi connectivity index (χ2n) is 7.77. The maximum Gasteiger partial charge on any atom is 0.313 e. The van der Waals surface area contributed by atoms with Gasteiger partial charge in [0.1, 0.15) is 0 Å². The van der Waals surface area contributed by atoms with Gasteiger partial charge in [-0.25, -0.2) is 0 Å². The van der Waals surface area contributed by atoms with Crippen LogP contribution in [-0.4, -0.2) is 65.2 Å². The lowest BCUT2D eigenvalue weighted by Gasteiger charge is -2.26. The predicted octanol–water partition coefficient (Wildman–Crippen LogP) is 2.05. The highest BCUT2D eigenvalue weighted by atomic mass is 16.5. The average molecular weight is 427 g/mol. The zero-order valence-corrected chi connectivity index (χ0v) is 18.7. The Labute approximate surface area is 183 Å². The van der Waals surface area contributed by atoms with Gasteiger partial charge in [-0.3, -0.25) is 9.59 Å². The second-order valence-corrected chi connectivity index (χ2v) is 7.77. The molecule has 1 aliphatic rings. The number of methoxy groups -OCH3 is 2. The topological polar surface area (TPSA) is 83.1 Å². The van der Waals surface area contributed by atoms with Crippen LogP contribution in [0.5, 0.6) is 11.5 Å². The van der Waals surface area contributed by atoms with Gasteiger partial charge in [0.05, 0.1) is 20.3 Å². The summed E-state index contributed by atoms with van der Waals surface area (Å²) in [6.45, 7) is 1.33. The Bertz CT molecular complexity index is 961. The fourth-order valence-electron chi connectivity index (χ4n) is 3.76. The number of benzene rings is 2. The van der Waals surface area contributed by atoms with E-state index in [-0.39, 0.29) is 6.04 Å². The fourth-order valence-corrected chi connectivity index (χ4v) is 3.76. The number of rotatable bonds is 7. The van der Waals surface area contributed by atoms with Gasteiger partial charge in [0.2, 0.25) is 0 Å². The van der Waals surface area contributed by atoms with E-state index in [4.69, 9.17) is 9.47 Å². The van der Waals surface area contributed by atoms with Crippen molar-refractivity contribution in [1.29, 1.82) is 0 Å². The van der Waals surface area contributed by atoms with Gasteiger partial charge in [-0.2, -0.15) is 0 Å². The first-order valence-electron chi connectivity index (χ1n) is 10.2. The van der Waals surface area contributed by atoms with Gasteiger partial charge < -0.3 is 29.9 Å². The minimum atomic E-state index is -0.736. The van der Waals surface area contributed by atoms with Crippen LogP contribution in [0.1, 0.15) is 17.2 Å². The largest absolute Gasteiger partial charge is 0.493 e. The summed E-state index contributed by atoms with van der Waals surface area (Å²) in [5.41, 5.74) is 4.12. The molecule has 1 heterocycles. The number of fused-ring (bicyclic) bond motifs is 1. The van der Waals surface area contributed by atoms with Crippen molar-refractivity contribution in [2.75, 3.05) is 58.7 Å². The summed E-state index contributed by atoms with van der Waals surface area (Å²) in [4.78, 5) is 29.0. The van der Waals surface area contributed by atoms with Crippen molar-refractivity contribution in [3.63, 3.8) is 0 Å². The van der Waals surface area contributed by atoms with Crippen LogP contribution in [-0.2, 0) is 16.0 Å². The smallest absolute Gasteiger partial charge is 0.313 e. The van der Waals surface area contributed by atoms with Crippen LogP contribution in [0.4, 0.5) is 11.4 Å². The van der Waals surface area contributed by atoms with E-state index in [1.165, 1.54) is 25.5 Å². The Morgan fingerprint density at radius 3 is 2.48 bits per heavy atom. The van der Waals surface area contributed by atoms with Crippen LogP contribution < -0.4 is 25.0 Å². The molecule has 0 fully saturated rings. The van der Waals surface area contributed by atoms with E-state index >= 15 is 0 Å². The second kappa shape index (κ2) is 9.70. The number of carbonyl (C=O) groups excluding carboxylic acids is 2. The molecule has 8 heteroatoms. The van der Waals surface area contributed by atoms with Crippen LogP contribution in [0.2, 0.25) is 0 Å². The molecule has 1 atom stereocenters. The number of nitrogens with zero attached hydrogens (tertiary/aromatic N) is 2. The normalized spacial score (nSPS) is 13.5. The molecule has 31 heavy (non-hydrogen) atoms. The Hall–Kier alpha value is -3.26. The van der Waals surface area contributed by atoms with Gasteiger partial charge in [-0.05, 0) is 49.8 Å². The summed E-state index contributed by atoms with van der Waals surface area (Å²) in [7, 11) is 9.05. The summed E-state index contributed by atoms with van der Waals surface area (Å²) in [6, 6.07) is 11.3. The van der Waals surface area contributed by atoms with Crippen molar-refractivity contribution < 1.29 is 19.1 Å². The predicted molar refractivity (Wildman–Crippen MR) is 121 cm³/mol. The highest BCUT2D eigenvalue weighted by Crippen LogP contribution is 2.31. The highest BCUT2D eigenvalue weighted by Gasteiger charge is 2.22. The zero-order valence-electron chi connectivity index (χ0n) is 18.7. The number of nitrogens with one attached hydrogen (secondary N) is 2. The van der Waals surface area contributed by atoms with Crippen molar-refractivity contribution in [1.82, 2.24) is 10.2 Å². The minimum Gasteiger partial charge on any atom is -0.493 e. The molecule has 2 amide bonds. The molecule has 0 saturated heterocycles. The van der Waals surface area contributed by atoms with Crippen LogP contribution in [0, 0.1) is 0 Å². The summed E-state index contributed by atoms with van der Waals surface area (Å²) in [5, 5.41) is 5.34. The molecule has 0 saturated carbocycles. The molecule has 2 aromatic rings. The van der Waals surface area contributed by atoms with Crippen LogP contribution in [0.25, 0.3) is 0 Å². The zero-order chi connectivity index (χ0) is 22.5. The van der Waals surface area contributed by atoms with Crippen LogP contribution in [0.15, 0.2) is 36.4 Å². The van der Waals surface area contributed by atoms with Crippen LogP contribution in [0.3, 0.4) is 0 Å². The third kappa shape index (κ3) is 5.08. The maximum absolute atomic E-state index is 12.4. The summed E-state index contributed by atoms with van der Waals surface area (Å²) < 4.78 is 10.4. The SMILES string of the molecule is COc1ccc(NC(=O)C(=O)NCC(c2ccc3c(c2)CCN3C)N(C)C)cc1OC. The van der Waals surface area contributed by atoms with Crippen molar-refractivity contribution in [3.8, 4) is 11.5 Å². The number of anilines is 2. The molecule has 1 aliphatic heterocycles. The monoisotopic (exact) mass is 426 g/mol. The van der Waals surface area contributed by atoms with E-state index in [2.05, 4.69) is 40.8 Å². The Kier molecular flexibility index (Phi) is 7.02. The Balaban J connectivity index is 1.63. The molecule has 0 radical (unpaired) electrons. The minimum absolute atomic E-state index is 0.0472. The van der Waals surface area contributed by atoms with Crippen molar-refractivity contribution in [3.05, 3.63) is 47.5 Å². The third-order valence-corrected chi connectivity index (χ3v) is 5.54. The van der Waals surface area contributed by atoms with Crippen molar-refractivity contribution >= 4 is 23.2 Å². The van der Waals surface area contributed by atoms with Gasteiger partial charge >= 0.3 is 11.8 Å². The molecule has 0 bridgehead atoms. The van der Waals surface area contributed by atoms with E-state index in [9.17, 15) is 9.59 Å². The van der Waals surface area contributed by atoms with Crippen LogP contribution >= 0.6 is 0 Å². The molecule has 0 aliphatic carbocycles. The lowest BCUT2D eigenvalue weighted by Crippen LogP contribution is -2.40. The molecule has 8 nitrogen and oxygen atoms in total. The molecular formula is C23H30N4O4. The number of hydrogen-bond donors (Lipinski definition) is 2. The van der Waals surface area contributed by atoms with Gasteiger partial charge in [-0.1, -0.05) is 12.1 Å². The molecule has 0 spiro atoms. The Morgan fingerprint density at radius 2 is 1.81 bits per heavy atom. The Morgan fingerprint density at radius 1 is 1.06 bits per heavy atom. The first kappa shape index (κ1) is 22.4. The van der Waals surface area contributed by atoms with E-state index in [1.54, 1.807) is 18.2 Å². The van der Waals surface area contributed by atoms with Gasteiger partial charge in [-0.15, -0.1) is 0 Å². The standard InChI is InChI=1S/C23H30N4O4/c1-26(2)19(15-6-8-18-16(12-15)10-11-27(18)3)14-24-22(28)23(29)25-17-7-9-20(30-4)21(13-17)31-5/h6-9,12-13,19H,10-11,14H2,1-5H3,(H,24,28)(H,25,29).